The van der Waals surface area contributed by atoms with Gasteiger partial charge in [0.15, 0.2) is 0 Å². The largest absolute Gasteiger partial charge is 0.299 e. The highest BCUT2D eigenvalue weighted by molar-refractivity contribution is 8.00. The zero-order valence-electron chi connectivity index (χ0n) is 7.11. The summed E-state index contributed by atoms with van der Waals surface area (Å²) in [5, 5.41) is 4.32. The molecule has 1 rings (SSSR count). The first-order chi connectivity index (χ1) is 4.64. The van der Waals surface area contributed by atoms with E-state index in [1.54, 1.807) is 0 Å². The molecule has 0 radical (unpaired) electrons. The second-order valence-corrected chi connectivity index (χ2v) is 4.81. The van der Waals surface area contributed by atoms with Crippen LogP contribution in [0.15, 0.2) is 0 Å². The molecule has 1 aliphatic rings. The fourth-order valence-electron chi connectivity index (χ4n) is 1.25. The van der Waals surface area contributed by atoms with Gasteiger partial charge in [-0.2, -0.15) is 0 Å². The molecular formula is C8H17NS. The lowest BCUT2D eigenvalue weighted by Gasteiger charge is -2.18. The number of rotatable bonds is 2. The molecule has 10 heavy (non-hydrogen) atoms. The molecule has 0 bridgehead atoms. The fraction of sp³-hybridized carbons (Fsp3) is 1.00. The normalized spacial score (nSPS) is 30.9. The van der Waals surface area contributed by atoms with E-state index in [0.29, 0.717) is 5.54 Å². The first-order valence-corrected chi connectivity index (χ1v) is 5.08. The lowest BCUT2D eigenvalue weighted by Crippen LogP contribution is -2.38. The summed E-state index contributed by atoms with van der Waals surface area (Å²) < 4.78 is 0. The molecule has 1 nitrogen and oxygen atoms in total. The summed E-state index contributed by atoms with van der Waals surface area (Å²) in [6.45, 7) is 6.79. The van der Waals surface area contributed by atoms with Crippen molar-refractivity contribution in [3.63, 3.8) is 0 Å². The van der Waals surface area contributed by atoms with Crippen molar-refractivity contribution in [2.75, 3.05) is 5.75 Å². The van der Waals surface area contributed by atoms with Gasteiger partial charge in [-0.1, -0.05) is 13.3 Å². The molecule has 0 aliphatic carbocycles. The number of nitrogens with one attached hydrogen (secondary N) is 1. The van der Waals surface area contributed by atoms with Gasteiger partial charge < -0.3 is 0 Å². The Hall–Kier alpha value is 0.310. The molecule has 1 atom stereocenters. The third kappa shape index (κ3) is 2.17. The van der Waals surface area contributed by atoms with Crippen LogP contribution in [0.5, 0.6) is 0 Å². The molecule has 1 saturated heterocycles. The van der Waals surface area contributed by atoms with Gasteiger partial charge in [0.05, 0.1) is 5.37 Å². The van der Waals surface area contributed by atoms with E-state index in [4.69, 9.17) is 0 Å². The third-order valence-electron chi connectivity index (χ3n) is 1.75. The minimum atomic E-state index is 0.379. The maximum Gasteiger partial charge on any atom is 0.0537 e. The van der Waals surface area contributed by atoms with Gasteiger partial charge in [-0.05, 0) is 20.3 Å². The smallest absolute Gasteiger partial charge is 0.0537 e. The third-order valence-corrected chi connectivity index (χ3v) is 3.39. The Kier molecular flexibility index (Phi) is 2.64. The second-order valence-electron chi connectivity index (χ2n) is 3.62. The van der Waals surface area contributed by atoms with Crippen molar-refractivity contribution in [3.05, 3.63) is 0 Å². The van der Waals surface area contributed by atoms with E-state index in [2.05, 4.69) is 37.8 Å². The molecule has 1 N–H and O–H groups in total. The quantitative estimate of drug-likeness (QED) is 0.663. The minimum Gasteiger partial charge on any atom is -0.299 e. The summed E-state index contributed by atoms with van der Waals surface area (Å²) in [5.74, 6) is 1.26. The highest BCUT2D eigenvalue weighted by Gasteiger charge is 2.29. The zero-order chi connectivity index (χ0) is 7.61. The molecule has 0 spiro atoms. The van der Waals surface area contributed by atoms with E-state index < -0.39 is 0 Å². The molecule has 1 aliphatic heterocycles. The lowest BCUT2D eigenvalue weighted by molar-refractivity contribution is 0.435. The zero-order valence-corrected chi connectivity index (χ0v) is 7.92. The van der Waals surface area contributed by atoms with Gasteiger partial charge in [0.2, 0.25) is 0 Å². The number of hydrogen-bond donors (Lipinski definition) is 1. The van der Waals surface area contributed by atoms with Crippen LogP contribution < -0.4 is 5.32 Å². The summed E-state index contributed by atoms with van der Waals surface area (Å²) in [5.41, 5.74) is 0.379. The molecule has 0 aromatic rings. The van der Waals surface area contributed by atoms with Crippen molar-refractivity contribution >= 4 is 11.8 Å². The van der Waals surface area contributed by atoms with Crippen LogP contribution in [0, 0.1) is 0 Å². The molecule has 2 heteroatoms. The Morgan fingerprint density at radius 3 is 2.70 bits per heavy atom. The summed E-state index contributed by atoms with van der Waals surface area (Å²) in [6, 6.07) is 0. The highest BCUT2D eigenvalue weighted by Crippen LogP contribution is 2.28. The van der Waals surface area contributed by atoms with Crippen LogP contribution in [-0.2, 0) is 0 Å². The van der Waals surface area contributed by atoms with Gasteiger partial charge in [0.25, 0.3) is 0 Å². The van der Waals surface area contributed by atoms with Crippen LogP contribution in [-0.4, -0.2) is 16.7 Å². The van der Waals surface area contributed by atoms with Crippen molar-refractivity contribution < 1.29 is 0 Å². The maximum atomic E-state index is 3.59. The van der Waals surface area contributed by atoms with Gasteiger partial charge >= 0.3 is 0 Å². The van der Waals surface area contributed by atoms with E-state index in [9.17, 15) is 0 Å². The lowest BCUT2D eigenvalue weighted by atomic mass is 10.1. The van der Waals surface area contributed by atoms with Crippen LogP contribution in [0.4, 0.5) is 0 Å². The summed E-state index contributed by atoms with van der Waals surface area (Å²) in [6.07, 6.45) is 2.61. The van der Waals surface area contributed by atoms with E-state index >= 15 is 0 Å². The average molecular weight is 159 g/mol. The predicted molar refractivity (Wildman–Crippen MR) is 48.4 cm³/mol. The van der Waals surface area contributed by atoms with E-state index in [0.717, 1.165) is 5.37 Å². The van der Waals surface area contributed by atoms with Crippen molar-refractivity contribution in [1.82, 2.24) is 5.32 Å². The molecular weight excluding hydrogens is 142 g/mol. The number of thioether (sulfide) groups is 1. The van der Waals surface area contributed by atoms with Gasteiger partial charge in [0, 0.05) is 11.3 Å². The first kappa shape index (κ1) is 8.41. The topological polar surface area (TPSA) is 12.0 Å². The SMILES string of the molecule is CCCC1NC(C)(C)CS1. The molecule has 0 aromatic carbocycles. The Bertz CT molecular complexity index is 112. The maximum absolute atomic E-state index is 3.59. The van der Waals surface area contributed by atoms with Crippen LogP contribution in [0.1, 0.15) is 33.6 Å². The molecule has 0 aromatic heterocycles. The standard InChI is InChI=1S/C8H17NS/c1-4-5-7-9-8(2,3)6-10-7/h7,9H,4-6H2,1-3H3. The summed E-state index contributed by atoms with van der Waals surface area (Å²) in [7, 11) is 0. The average Bonchev–Trinajstić information content (AvgIpc) is 2.12. The van der Waals surface area contributed by atoms with Gasteiger partial charge in [-0.25, -0.2) is 0 Å². The van der Waals surface area contributed by atoms with Crippen molar-refractivity contribution in [2.24, 2.45) is 0 Å². The van der Waals surface area contributed by atoms with E-state index in [-0.39, 0.29) is 0 Å². The molecule has 1 unspecified atom stereocenters. The fourth-order valence-corrected chi connectivity index (χ4v) is 2.75. The van der Waals surface area contributed by atoms with E-state index in [1.807, 2.05) is 0 Å². The Morgan fingerprint density at radius 2 is 2.30 bits per heavy atom. The number of hydrogen-bond acceptors (Lipinski definition) is 2. The summed E-state index contributed by atoms with van der Waals surface area (Å²) >= 11 is 2.06. The summed E-state index contributed by atoms with van der Waals surface area (Å²) in [4.78, 5) is 0. The molecule has 0 amide bonds. The predicted octanol–water partition coefficient (Wildman–Crippen LogP) is 2.23. The van der Waals surface area contributed by atoms with Gasteiger partial charge in [-0.3, -0.25) is 5.32 Å². The minimum absolute atomic E-state index is 0.379. The molecule has 0 saturated carbocycles. The van der Waals surface area contributed by atoms with Crippen LogP contribution in [0.3, 0.4) is 0 Å². The van der Waals surface area contributed by atoms with Crippen LogP contribution >= 0.6 is 11.8 Å². The second kappa shape index (κ2) is 3.14. The highest BCUT2D eigenvalue weighted by atomic mass is 32.2. The van der Waals surface area contributed by atoms with Crippen molar-refractivity contribution in [3.8, 4) is 0 Å². The Morgan fingerprint density at radius 1 is 1.60 bits per heavy atom. The Labute approximate surface area is 68.0 Å². The van der Waals surface area contributed by atoms with E-state index in [1.165, 1.54) is 18.6 Å². The van der Waals surface area contributed by atoms with Crippen LogP contribution in [0.2, 0.25) is 0 Å². The molecule has 1 fully saturated rings. The van der Waals surface area contributed by atoms with Gasteiger partial charge in [0.1, 0.15) is 0 Å². The first-order valence-electron chi connectivity index (χ1n) is 4.03. The van der Waals surface area contributed by atoms with Crippen molar-refractivity contribution in [1.29, 1.82) is 0 Å². The molecule has 1 heterocycles. The Balaban J connectivity index is 2.29. The molecule has 60 valence electrons. The van der Waals surface area contributed by atoms with Gasteiger partial charge in [-0.15, -0.1) is 11.8 Å². The monoisotopic (exact) mass is 159 g/mol. The van der Waals surface area contributed by atoms with Crippen LogP contribution in [0.25, 0.3) is 0 Å². The van der Waals surface area contributed by atoms with Crippen molar-refractivity contribution in [2.45, 2.75) is 44.5 Å².